The molecule has 0 aromatic carbocycles. The fraction of sp³-hybridized carbons (Fsp3) is 0.929. The number of aliphatic carboxylic acids is 1. The van der Waals surface area contributed by atoms with Crippen LogP contribution in [0.3, 0.4) is 0 Å². The summed E-state index contributed by atoms with van der Waals surface area (Å²) < 4.78 is 6.05. The molecule has 2 unspecified atom stereocenters. The van der Waals surface area contributed by atoms with Crippen molar-refractivity contribution >= 4 is 17.7 Å². The van der Waals surface area contributed by atoms with E-state index in [1.807, 2.05) is 11.8 Å². The lowest BCUT2D eigenvalue weighted by molar-refractivity contribution is -0.142. The third kappa shape index (κ3) is 2.65. The fourth-order valence-electron chi connectivity index (χ4n) is 3.80. The topological polar surface area (TPSA) is 49.8 Å². The Morgan fingerprint density at radius 3 is 2.95 bits per heavy atom. The van der Waals surface area contributed by atoms with Crippen molar-refractivity contribution in [2.45, 2.75) is 37.8 Å². The van der Waals surface area contributed by atoms with Gasteiger partial charge in [0.05, 0.1) is 11.5 Å². The molecule has 4 nitrogen and oxygen atoms in total. The number of rotatable bonds is 2. The molecule has 3 heterocycles. The van der Waals surface area contributed by atoms with Gasteiger partial charge in [-0.05, 0) is 30.9 Å². The molecule has 3 fully saturated rings. The van der Waals surface area contributed by atoms with Crippen molar-refractivity contribution in [1.29, 1.82) is 0 Å². The summed E-state index contributed by atoms with van der Waals surface area (Å²) >= 11 is 1.99. The van der Waals surface area contributed by atoms with Crippen LogP contribution in [0.2, 0.25) is 0 Å². The van der Waals surface area contributed by atoms with Gasteiger partial charge in [-0.15, -0.1) is 0 Å². The number of carboxylic acid groups (broad SMARTS) is 1. The number of hydrogen-bond donors (Lipinski definition) is 1. The fourth-order valence-corrected chi connectivity index (χ4v) is 5.18. The molecule has 3 saturated heterocycles. The Labute approximate surface area is 118 Å². The number of carbonyl (C=O) groups is 1. The van der Waals surface area contributed by atoms with Crippen molar-refractivity contribution in [3.8, 4) is 0 Å². The number of hydrogen-bond acceptors (Lipinski definition) is 4. The average molecular weight is 285 g/mol. The molecule has 19 heavy (non-hydrogen) atoms. The van der Waals surface area contributed by atoms with E-state index < -0.39 is 5.97 Å². The molecule has 4 atom stereocenters. The molecule has 0 aliphatic carbocycles. The van der Waals surface area contributed by atoms with E-state index in [4.69, 9.17) is 4.74 Å². The van der Waals surface area contributed by atoms with Gasteiger partial charge in [0.1, 0.15) is 0 Å². The van der Waals surface area contributed by atoms with Crippen molar-refractivity contribution in [2.75, 3.05) is 31.2 Å². The van der Waals surface area contributed by atoms with Gasteiger partial charge in [-0.2, -0.15) is 11.8 Å². The molecule has 3 aliphatic heterocycles. The van der Waals surface area contributed by atoms with Crippen LogP contribution >= 0.6 is 11.8 Å². The van der Waals surface area contributed by atoms with Crippen LogP contribution in [0.5, 0.6) is 0 Å². The van der Waals surface area contributed by atoms with Crippen LogP contribution in [0.1, 0.15) is 26.2 Å². The summed E-state index contributed by atoms with van der Waals surface area (Å²) in [6.07, 6.45) is 3.32. The monoisotopic (exact) mass is 285 g/mol. The normalized spacial score (nSPS) is 43.9. The molecule has 0 radical (unpaired) electrons. The largest absolute Gasteiger partial charge is 0.481 e. The third-order valence-electron chi connectivity index (χ3n) is 5.01. The van der Waals surface area contributed by atoms with Crippen LogP contribution < -0.4 is 0 Å². The number of ether oxygens (including phenoxy) is 1. The van der Waals surface area contributed by atoms with Gasteiger partial charge < -0.3 is 9.84 Å². The van der Waals surface area contributed by atoms with Gasteiger partial charge in [0.2, 0.25) is 0 Å². The predicted octanol–water partition coefficient (Wildman–Crippen LogP) is 1.69. The smallest absolute Gasteiger partial charge is 0.308 e. The molecule has 5 heteroatoms. The summed E-state index contributed by atoms with van der Waals surface area (Å²) in [7, 11) is 0. The molecule has 0 saturated carbocycles. The van der Waals surface area contributed by atoms with Crippen LogP contribution in [0.25, 0.3) is 0 Å². The second kappa shape index (κ2) is 5.26. The summed E-state index contributed by atoms with van der Waals surface area (Å²) in [5.74, 6) is 1.79. The molecular formula is C14H23NO3S. The van der Waals surface area contributed by atoms with Crippen LogP contribution in [0, 0.1) is 11.8 Å². The second-order valence-corrected chi connectivity index (χ2v) is 7.46. The van der Waals surface area contributed by atoms with Crippen LogP contribution in [-0.4, -0.2) is 58.8 Å². The van der Waals surface area contributed by atoms with Crippen molar-refractivity contribution in [3.63, 3.8) is 0 Å². The van der Waals surface area contributed by atoms with E-state index in [2.05, 4.69) is 11.8 Å². The van der Waals surface area contributed by atoms with E-state index in [1.54, 1.807) is 0 Å². The van der Waals surface area contributed by atoms with Crippen LogP contribution in [-0.2, 0) is 9.53 Å². The minimum absolute atomic E-state index is 0.0954. The van der Waals surface area contributed by atoms with Gasteiger partial charge in [0.25, 0.3) is 0 Å². The highest BCUT2D eigenvalue weighted by atomic mass is 32.2. The SMILES string of the molecule is C[C@@H]1CN(C2CCOC3(CCSC3)C2)C[C@H]1C(=O)O. The maximum absolute atomic E-state index is 11.2. The zero-order valence-corrected chi connectivity index (χ0v) is 12.3. The molecule has 1 N–H and O–H groups in total. The van der Waals surface area contributed by atoms with Crippen molar-refractivity contribution in [2.24, 2.45) is 11.8 Å². The Hall–Kier alpha value is -0.260. The Balaban J connectivity index is 1.65. The maximum atomic E-state index is 11.2. The number of thioether (sulfide) groups is 1. The summed E-state index contributed by atoms with van der Waals surface area (Å²) in [5.41, 5.74) is 0.0954. The maximum Gasteiger partial charge on any atom is 0.308 e. The standard InChI is InChI=1S/C14H23NO3S/c1-10-7-15(8-12(10)13(16)17)11-2-4-18-14(6-11)3-5-19-9-14/h10-12H,2-9H2,1H3,(H,16,17)/t10-,11?,12-,14?/m1/s1. The molecule has 1 spiro atoms. The van der Waals surface area contributed by atoms with E-state index in [9.17, 15) is 9.90 Å². The quantitative estimate of drug-likeness (QED) is 0.837. The zero-order valence-electron chi connectivity index (χ0n) is 11.5. The average Bonchev–Trinajstić information content (AvgIpc) is 2.97. The second-order valence-electron chi connectivity index (χ2n) is 6.36. The first-order chi connectivity index (χ1) is 9.10. The number of nitrogens with zero attached hydrogens (tertiary/aromatic N) is 1. The highest BCUT2D eigenvalue weighted by Crippen LogP contribution is 2.40. The zero-order chi connectivity index (χ0) is 13.5. The van der Waals surface area contributed by atoms with Crippen molar-refractivity contribution < 1.29 is 14.6 Å². The number of carboxylic acids is 1. The molecule has 0 aromatic rings. The van der Waals surface area contributed by atoms with Gasteiger partial charge in [-0.25, -0.2) is 0 Å². The summed E-state index contributed by atoms with van der Waals surface area (Å²) in [4.78, 5) is 13.6. The molecule has 108 valence electrons. The summed E-state index contributed by atoms with van der Waals surface area (Å²) in [5, 5.41) is 9.25. The van der Waals surface area contributed by atoms with Crippen molar-refractivity contribution in [3.05, 3.63) is 0 Å². The van der Waals surface area contributed by atoms with Gasteiger partial charge >= 0.3 is 5.97 Å². The lowest BCUT2D eigenvalue weighted by atomic mass is 9.89. The summed E-state index contributed by atoms with van der Waals surface area (Å²) in [6.45, 7) is 4.57. The Kier molecular flexibility index (Phi) is 3.80. The first-order valence-electron chi connectivity index (χ1n) is 7.28. The summed E-state index contributed by atoms with van der Waals surface area (Å²) in [6, 6.07) is 0.527. The lowest BCUT2D eigenvalue weighted by Crippen LogP contribution is -2.48. The van der Waals surface area contributed by atoms with Gasteiger partial charge in [0, 0.05) is 31.5 Å². The van der Waals surface area contributed by atoms with E-state index >= 15 is 0 Å². The first-order valence-corrected chi connectivity index (χ1v) is 8.44. The van der Waals surface area contributed by atoms with Crippen LogP contribution in [0.4, 0.5) is 0 Å². The van der Waals surface area contributed by atoms with Crippen LogP contribution in [0.15, 0.2) is 0 Å². The van der Waals surface area contributed by atoms with Gasteiger partial charge in [-0.3, -0.25) is 9.69 Å². The Bertz CT molecular complexity index is 357. The lowest BCUT2D eigenvalue weighted by Gasteiger charge is -2.41. The third-order valence-corrected chi connectivity index (χ3v) is 6.23. The van der Waals surface area contributed by atoms with E-state index in [0.717, 1.165) is 38.3 Å². The molecule has 0 bridgehead atoms. The Morgan fingerprint density at radius 2 is 2.32 bits per heavy atom. The van der Waals surface area contributed by atoms with E-state index in [-0.39, 0.29) is 17.4 Å². The Morgan fingerprint density at radius 1 is 1.47 bits per heavy atom. The predicted molar refractivity (Wildman–Crippen MR) is 75.5 cm³/mol. The van der Waals surface area contributed by atoms with Gasteiger partial charge in [0.15, 0.2) is 0 Å². The number of likely N-dealkylation sites (tertiary alicyclic amines) is 1. The molecule has 3 aliphatic rings. The molecule has 0 amide bonds. The minimum Gasteiger partial charge on any atom is -0.481 e. The highest BCUT2D eigenvalue weighted by Gasteiger charge is 2.45. The van der Waals surface area contributed by atoms with E-state index in [0.29, 0.717) is 6.04 Å². The van der Waals surface area contributed by atoms with E-state index in [1.165, 1.54) is 12.2 Å². The molecule has 0 aromatic heterocycles. The highest BCUT2D eigenvalue weighted by molar-refractivity contribution is 7.99. The minimum atomic E-state index is -0.631. The van der Waals surface area contributed by atoms with Gasteiger partial charge in [-0.1, -0.05) is 6.92 Å². The first kappa shape index (κ1) is 13.7. The molecule has 3 rings (SSSR count). The molecular weight excluding hydrogens is 262 g/mol. The van der Waals surface area contributed by atoms with Crippen molar-refractivity contribution in [1.82, 2.24) is 4.90 Å².